The number of hydrogen-bond acceptors (Lipinski definition) is 5. The average Bonchev–Trinajstić information content (AvgIpc) is 2.57. The molecule has 1 fully saturated rings. The van der Waals surface area contributed by atoms with Crippen LogP contribution in [-0.2, 0) is 19.0 Å². The Morgan fingerprint density at radius 2 is 1.83 bits per heavy atom. The van der Waals surface area contributed by atoms with Crippen LogP contribution >= 0.6 is 0 Å². The van der Waals surface area contributed by atoms with Crippen LogP contribution < -0.4 is 0 Å². The lowest BCUT2D eigenvalue weighted by Gasteiger charge is -2.35. The van der Waals surface area contributed by atoms with Gasteiger partial charge in [-0.1, -0.05) is 13.8 Å². The minimum atomic E-state index is -0.834. The Labute approximate surface area is 145 Å². The van der Waals surface area contributed by atoms with Gasteiger partial charge < -0.3 is 14.2 Å². The topological polar surface area (TPSA) is 65.1 Å². The number of esters is 1. The van der Waals surface area contributed by atoms with Gasteiger partial charge in [-0.05, 0) is 53.9 Å². The van der Waals surface area contributed by atoms with Gasteiger partial charge in [-0.2, -0.15) is 0 Å². The van der Waals surface area contributed by atoms with E-state index in [1.807, 2.05) is 34.6 Å². The minimum absolute atomic E-state index is 0.133. The van der Waals surface area contributed by atoms with E-state index in [1.54, 1.807) is 11.8 Å². The number of ether oxygens (including phenoxy) is 3. The van der Waals surface area contributed by atoms with Crippen molar-refractivity contribution in [3.8, 4) is 0 Å². The standard InChI is InChI=1S/C18H33NO5/c1-9-22-15(20)11-14-13(10-12(2)3)19(18(7,8)23-14)16(21)24-17(4,5)6/h12-14H,9-11H2,1-8H3/t13-,14-/m0/s1. The minimum Gasteiger partial charge on any atom is -0.466 e. The summed E-state index contributed by atoms with van der Waals surface area (Å²) in [7, 11) is 0. The van der Waals surface area contributed by atoms with Crippen molar-refractivity contribution >= 4 is 12.1 Å². The number of hydrogen-bond donors (Lipinski definition) is 0. The highest BCUT2D eigenvalue weighted by molar-refractivity contribution is 5.72. The summed E-state index contributed by atoms with van der Waals surface area (Å²) >= 11 is 0. The van der Waals surface area contributed by atoms with Gasteiger partial charge in [-0.15, -0.1) is 0 Å². The second-order valence-electron chi connectivity index (χ2n) is 8.16. The molecule has 0 aromatic rings. The maximum atomic E-state index is 12.7. The van der Waals surface area contributed by atoms with Gasteiger partial charge in [0.15, 0.2) is 0 Å². The molecule has 1 aliphatic rings. The van der Waals surface area contributed by atoms with Crippen LogP contribution in [0, 0.1) is 5.92 Å². The van der Waals surface area contributed by atoms with E-state index >= 15 is 0 Å². The molecule has 24 heavy (non-hydrogen) atoms. The Morgan fingerprint density at radius 3 is 2.29 bits per heavy atom. The van der Waals surface area contributed by atoms with Gasteiger partial charge in [0.25, 0.3) is 0 Å². The lowest BCUT2D eigenvalue weighted by molar-refractivity contribution is -0.147. The normalized spacial score (nSPS) is 23.5. The molecule has 1 aliphatic heterocycles. The predicted molar refractivity (Wildman–Crippen MR) is 91.5 cm³/mol. The Balaban J connectivity index is 3.04. The molecule has 2 atom stereocenters. The van der Waals surface area contributed by atoms with E-state index < -0.39 is 23.5 Å². The van der Waals surface area contributed by atoms with Gasteiger partial charge in [0.2, 0.25) is 0 Å². The lowest BCUT2D eigenvalue weighted by atomic mass is 9.96. The van der Waals surface area contributed by atoms with Gasteiger partial charge in [0.05, 0.1) is 25.2 Å². The average molecular weight is 343 g/mol. The molecule has 1 saturated heterocycles. The quantitative estimate of drug-likeness (QED) is 0.712. The Hall–Kier alpha value is -1.30. The second kappa shape index (κ2) is 7.72. The van der Waals surface area contributed by atoms with Gasteiger partial charge in [0.1, 0.15) is 11.3 Å². The molecule has 0 bridgehead atoms. The third-order valence-corrected chi connectivity index (χ3v) is 3.76. The largest absolute Gasteiger partial charge is 0.466 e. The number of amides is 1. The molecule has 6 nitrogen and oxygen atoms in total. The first-order chi connectivity index (χ1) is 10.9. The third kappa shape index (κ3) is 5.65. The molecule has 1 amide bonds. The van der Waals surface area contributed by atoms with Crippen molar-refractivity contribution in [2.45, 2.75) is 91.7 Å². The second-order valence-corrected chi connectivity index (χ2v) is 8.16. The SMILES string of the molecule is CCOC(=O)C[C@@H]1OC(C)(C)N(C(=O)OC(C)(C)C)[C@H]1CC(C)C. The smallest absolute Gasteiger partial charge is 0.412 e. The van der Waals surface area contributed by atoms with E-state index in [0.717, 1.165) is 6.42 Å². The van der Waals surface area contributed by atoms with Crippen LogP contribution in [0.15, 0.2) is 0 Å². The summed E-state index contributed by atoms with van der Waals surface area (Å²) in [6.07, 6.45) is 0.0548. The number of rotatable bonds is 5. The van der Waals surface area contributed by atoms with E-state index in [-0.39, 0.29) is 18.4 Å². The zero-order valence-corrected chi connectivity index (χ0v) is 16.3. The summed E-state index contributed by atoms with van der Waals surface area (Å²) in [6.45, 7) is 15.4. The number of nitrogens with zero attached hydrogens (tertiary/aromatic N) is 1. The molecular weight excluding hydrogens is 310 g/mol. The van der Waals surface area contributed by atoms with Crippen molar-refractivity contribution in [3.63, 3.8) is 0 Å². The van der Waals surface area contributed by atoms with Crippen molar-refractivity contribution in [2.75, 3.05) is 6.61 Å². The van der Waals surface area contributed by atoms with Crippen LogP contribution in [0.1, 0.15) is 68.2 Å². The Morgan fingerprint density at radius 1 is 1.25 bits per heavy atom. The number of carbonyl (C=O) groups is 2. The first-order valence-corrected chi connectivity index (χ1v) is 8.73. The molecule has 6 heteroatoms. The van der Waals surface area contributed by atoms with Crippen LogP contribution in [0.4, 0.5) is 4.79 Å². The van der Waals surface area contributed by atoms with Gasteiger partial charge in [0, 0.05) is 0 Å². The monoisotopic (exact) mass is 343 g/mol. The molecule has 0 N–H and O–H groups in total. The third-order valence-electron chi connectivity index (χ3n) is 3.76. The van der Waals surface area contributed by atoms with Crippen molar-refractivity contribution < 1.29 is 23.8 Å². The molecule has 0 saturated carbocycles. The lowest BCUT2D eigenvalue weighted by Crippen LogP contribution is -2.50. The molecule has 1 heterocycles. The zero-order valence-electron chi connectivity index (χ0n) is 16.3. The van der Waals surface area contributed by atoms with Crippen LogP contribution in [0.2, 0.25) is 0 Å². The van der Waals surface area contributed by atoms with E-state index in [4.69, 9.17) is 14.2 Å². The molecule has 140 valence electrons. The fourth-order valence-electron chi connectivity index (χ4n) is 3.04. The molecule has 0 aromatic carbocycles. The molecule has 1 rings (SSSR count). The maximum absolute atomic E-state index is 12.7. The summed E-state index contributed by atoms with van der Waals surface area (Å²) < 4.78 is 16.7. The molecule has 0 spiro atoms. The summed E-state index contributed by atoms with van der Waals surface area (Å²) in [5.41, 5.74) is -1.42. The first-order valence-electron chi connectivity index (χ1n) is 8.73. The van der Waals surface area contributed by atoms with Crippen LogP contribution in [0.25, 0.3) is 0 Å². The van der Waals surface area contributed by atoms with Gasteiger partial charge in [-0.25, -0.2) is 4.79 Å². The van der Waals surface area contributed by atoms with Gasteiger partial charge >= 0.3 is 12.1 Å². The van der Waals surface area contributed by atoms with E-state index in [9.17, 15) is 9.59 Å². The fraction of sp³-hybridized carbons (Fsp3) is 0.889. The Kier molecular flexibility index (Phi) is 6.67. The molecule has 0 radical (unpaired) electrons. The van der Waals surface area contributed by atoms with E-state index in [0.29, 0.717) is 12.5 Å². The van der Waals surface area contributed by atoms with Crippen molar-refractivity contribution in [2.24, 2.45) is 5.92 Å². The summed E-state index contributed by atoms with van der Waals surface area (Å²) in [6, 6.07) is -0.223. The van der Waals surface area contributed by atoms with Gasteiger partial charge in [-0.3, -0.25) is 9.69 Å². The van der Waals surface area contributed by atoms with Crippen molar-refractivity contribution in [1.29, 1.82) is 0 Å². The van der Waals surface area contributed by atoms with E-state index in [2.05, 4.69) is 13.8 Å². The fourth-order valence-corrected chi connectivity index (χ4v) is 3.04. The van der Waals surface area contributed by atoms with Crippen molar-refractivity contribution in [3.05, 3.63) is 0 Å². The maximum Gasteiger partial charge on any atom is 0.412 e. The van der Waals surface area contributed by atoms with Crippen LogP contribution in [0.5, 0.6) is 0 Å². The predicted octanol–water partition coefficient (Wildman–Crippen LogP) is 3.73. The summed E-state index contributed by atoms with van der Waals surface area (Å²) in [5.74, 6) is 0.0419. The Bertz CT molecular complexity index is 453. The molecular formula is C18H33NO5. The number of carbonyl (C=O) groups excluding carboxylic acids is 2. The molecule has 0 aromatic heterocycles. The molecule has 0 aliphatic carbocycles. The van der Waals surface area contributed by atoms with Crippen LogP contribution in [-0.4, -0.2) is 47.0 Å². The summed E-state index contributed by atoms with van der Waals surface area (Å²) in [5, 5.41) is 0. The highest BCUT2D eigenvalue weighted by Crippen LogP contribution is 2.37. The molecule has 0 unspecified atom stereocenters. The van der Waals surface area contributed by atoms with Crippen molar-refractivity contribution in [1.82, 2.24) is 4.90 Å². The summed E-state index contributed by atoms with van der Waals surface area (Å²) in [4.78, 5) is 26.3. The highest BCUT2D eigenvalue weighted by atomic mass is 16.6. The zero-order chi connectivity index (χ0) is 18.7. The first kappa shape index (κ1) is 20.7. The van der Waals surface area contributed by atoms with Crippen LogP contribution in [0.3, 0.4) is 0 Å². The van der Waals surface area contributed by atoms with E-state index in [1.165, 1.54) is 0 Å². The highest BCUT2D eigenvalue weighted by Gasteiger charge is 2.51.